The van der Waals surface area contributed by atoms with Gasteiger partial charge in [0.2, 0.25) is 5.43 Å². The minimum absolute atomic E-state index is 0.149. The van der Waals surface area contributed by atoms with E-state index < -0.39 is 0 Å². The van der Waals surface area contributed by atoms with Gasteiger partial charge in [0.05, 0.1) is 17.3 Å². The maximum Gasteiger partial charge on any atom is 0.259 e. The highest BCUT2D eigenvalue weighted by atomic mass is 16.2. The number of aryl methyl sites for hydroxylation is 4. The Kier molecular flexibility index (Phi) is 3.50. The molecule has 1 unspecified atom stereocenters. The maximum absolute atomic E-state index is 13.1. The number of pyridine rings is 1. The molecular formula is C21H22N4O2. The van der Waals surface area contributed by atoms with Gasteiger partial charge in [-0.1, -0.05) is 12.1 Å². The molecule has 27 heavy (non-hydrogen) atoms. The van der Waals surface area contributed by atoms with Crippen LogP contribution in [-0.2, 0) is 13.0 Å². The van der Waals surface area contributed by atoms with Crippen LogP contribution in [0.15, 0.2) is 35.3 Å². The normalized spacial score (nSPS) is 18.6. The molecule has 2 aromatic heterocycles. The van der Waals surface area contributed by atoms with E-state index in [4.69, 9.17) is 0 Å². The monoisotopic (exact) mass is 362 g/mol. The Morgan fingerprint density at radius 2 is 2.07 bits per heavy atom. The lowest BCUT2D eigenvalue weighted by molar-refractivity contribution is 0.0785. The lowest BCUT2D eigenvalue weighted by Crippen LogP contribution is -2.33. The number of rotatable bonds is 2. The van der Waals surface area contributed by atoms with Crippen LogP contribution in [0.5, 0.6) is 0 Å². The number of hydrogen-bond acceptors (Lipinski definition) is 3. The zero-order chi connectivity index (χ0) is 18.7. The summed E-state index contributed by atoms with van der Waals surface area (Å²) in [4.78, 5) is 27.9. The van der Waals surface area contributed by atoms with Gasteiger partial charge in [-0.25, -0.2) is 0 Å². The molecular weight excluding hydrogens is 340 g/mol. The second-order valence-electron chi connectivity index (χ2n) is 7.69. The van der Waals surface area contributed by atoms with Gasteiger partial charge in [-0.05, 0) is 44.4 Å². The Morgan fingerprint density at radius 1 is 1.22 bits per heavy atom. The third-order valence-corrected chi connectivity index (χ3v) is 5.87. The molecule has 5 rings (SSSR count). The van der Waals surface area contributed by atoms with Gasteiger partial charge in [-0.15, -0.1) is 0 Å². The van der Waals surface area contributed by atoms with Crippen LogP contribution in [0, 0.1) is 13.8 Å². The van der Waals surface area contributed by atoms with E-state index in [-0.39, 0.29) is 22.9 Å². The topological polar surface area (TPSA) is 60.1 Å². The van der Waals surface area contributed by atoms with Crippen molar-refractivity contribution >= 4 is 16.8 Å². The molecule has 0 N–H and O–H groups in total. The molecule has 2 aliphatic heterocycles. The summed E-state index contributed by atoms with van der Waals surface area (Å²) in [5.74, 6) is -0.160. The number of para-hydroxylation sites is 1. The van der Waals surface area contributed by atoms with Crippen molar-refractivity contribution in [2.75, 3.05) is 13.1 Å². The Balaban J connectivity index is 1.48. The molecule has 0 bridgehead atoms. The average molecular weight is 362 g/mol. The van der Waals surface area contributed by atoms with Crippen LogP contribution >= 0.6 is 0 Å². The van der Waals surface area contributed by atoms with Crippen molar-refractivity contribution in [1.82, 2.24) is 19.2 Å². The SMILES string of the molecule is Cc1cc(C)n(C2CCN(C(=O)c3cn4c5c(cccc5c3=O)CC4)C2)n1. The van der Waals surface area contributed by atoms with Gasteiger partial charge in [0.1, 0.15) is 5.56 Å². The van der Waals surface area contributed by atoms with Gasteiger partial charge in [0.25, 0.3) is 5.91 Å². The van der Waals surface area contributed by atoms with Gasteiger partial charge in [0.15, 0.2) is 0 Å². The van der Waals surface area contributed by atoms with Crippen LogP contribution in [0.2, 0.25) is 0 Å². The summed E-state index contributed by atoms with van der Waals surface area (Å²) in [5.41, 5.74) is 4.41. The fourth-order valence-corrected chi connectivity index (χ4v) is 4.62. The van der Waals surface area contributed by atoms with E-state index in [1.807, 2.05) is 30.7 Å². The summed E-state index contributed by atoms with van der Waals surface area (Å²) >= 11 is 0. The van der Waals surface area contributed by atoms with E-state index in [1.54, 1.807) is 11.1 Å². The molecule has 3 aromatic rings. The standard InChI is InChI=1S/C21H22N4O2/c1-13-10-14(2)25(22-13)16-7-9-24(11-16)21(27)18-12-23-8-6-15-4-3-5-17(19(15)23)20(18)26/h3-5,10,12,16H,6-9,11H2,1-2H3. The zero-order valence-corrected chi connectivity index (χ0v) is 15.6. The molecule has 1 atom stereocenters. The maximum atomic E-state index is 13.1. The summed E-state index contributed by atoms with van der Waals surface area (Å²) in [6, 6.07) is 8.04. The average Bonchev–Trinajstić information content (AvgIpc) is 3.36. The van der Waals surface area contributed by atoms with Gasteiger partial charge in [-0.2, -0.15) is 5.10 Å². The molecule has 0 radical (unpaired) electrons. The lowest BCUT2D eigenvalue weighted by atomic mass is 10.1. The van der Waals surface area contributed by atoms with E-state index in [9.17, 15) is 9.59 Å². The quantitative estimate of drug-likeness (QED) is 0.704. The zero-order valence-electron chi connectivity index (χ0n) is 15.6. The van der Waals surface area contributed by atoms with Crippen LogP contribution in [0.3, 0.4) is 0 Å². The molecule has 1 saturated heterocycles. The van der Waals surface area contributed by atoms with E-state index in [0.717, 1.165) is 36.3 Å². The van der Waals surface area contributed by atoms with Gasteiger partial charge < -0.3 is 9.47 Å². The fraction of sp³-hybridized carbons (Fsp3) is 0.381. The van der Waals surface area contributed by atoms with Crippen LogP contribution in [0.4, 0.5) is 0 Å². The van der Waals surface area contributed by atoms with E-state index >= 15 is 0 Å². The number of carbonyl (C=O) groups excluding carboxylic acids is 1. The molecule has 0 spiro atoms. The van der Waals surface area contributed by atoms with Gasteiger partial charge >= 0.3 is 0 Å². The van der Waals surface area contributed by atoms with Crippen LogP contribution in [-0.4, -0.2) is 38.2 Å². The highest BCUT2D eigenvalue weighted by Gasteiger charge is 2.31. The van der Waals surface area contributed by atoms with Crippen molar-refractivity contribution in [1.29, 1.82) is 0 Å². The molecule has 1 amide bonds. The Bertz CT molecular complexity index is 1140. The molecule has 1 aromatic carbocycles. The number of benzene rings is 1. The Morgan fingerprint density at radius 3 is 2.85 bits per heavy atom. The van der Waals surface area contributed by atoms with Crippen molar-refractivity contribution in [2.45, 2.75) is 39.3 Å². The van der Waals surface area contributed by atoms with Crippen LogP contribution < -0.4 is 5.43 Å². The third-order valence-electron chi connectivity index (χ3n) is 5.87. The Labute approximate surface area is 157 Å². The van der Waals surface area contributed by atoms with Crippen molar-refractivity contribution in [3.05, 3.63) is 63.2 Å². The molecule has 0 saturated carbocycles. The van der Waals surface area contributed by atoms with Crippen molar-refractivity contribution in [3.63, 3.8) is 0 Å². The summed E-state index contributed by atoms with van der Waals surface area (Å²) < 4.78 is 4.08. The molecule has 1 fully saturated rings. The number of amides is 1. The van der Waals surface area contributed by atoms with E-state index in [1.165, 1.54) is 5.56 Å². The number of nitrogens with zero attached hydrogens (tertiary/aromatic N) is 4. The first-order valence-corrected chi connectivity index (χ1v) is 9.50. The third kappa shape index (κ3) is 2.43. The lowest BCUT2D eigenvalue weighted by Gasteiger charge is -2.18. The fourth-order valence-electron chi connectivity index (χ4n) is 4.62. The molecule has 0 aliphatic carbocycles. The summed E-state index contributed by atoms with van der Waals surface area (Å²) in [5, 5.41) is 5.22. The predicted molar refractivity (Wildman–Crippen MR) is 103 cm³/mol. The van der Waals surface area contributed by atoms with Crippen LogP contribution in [0.25, 0.3) is 10.9 Å². The first-order valence-electron chi connectivity index (χ1n) is 9.50. The molecule has 4 heterocycles. The number of likely N-dealkylation sites (tertiary alicyclic amines) is 1. The minimum atomic E-state index is -0.160. The number of aromatic nitrogens is 3. The van der Waals surface area contributed by atoms with E-state index in [0.29, 0.717) is 18.5 Å². The van der Waals surface area contributed by atoms with E-state index in [2.05, 4.69) is 21.8 Å². The number of hydrogen-bond donors (Lipinski definition) is 0. The predicted octanol–water partition coefficient (Wildman–Crippen LogP) is 2.46. The van der Waals surface area contributed by atoms with Gasteiger partial charge in [-0.3, -0.25) is 14.3 Å². The minimum Gasteiger partial charge on any atom is -0.346 e. The second-order valence-corrected chi connectivity index (χ2v) is 7.69. The van der Waals surface area contributed by atoms with Crippen LogP contribution in [0.1, 0.15) is 39.8 Å². The highest BCUT2D eigenvalue weighted by molar-refractivity contribution is 5.98. The Hall–Kier alpha value is -2.89. The molecule has 138 valence electrons. The van der Waals surface area contributed by atoms with Crippen molar-refractivity contribution < 1.29 is 4.79 Å². The summed E-state index contributed by atoms with van der Waals surface area (Å²) in [6.45, 7) is 6.09. The first kappa shape index (κ1) is 16.3. The summed E-state index contributed by atoms with van der Waals surface area (Å²) in [6.07, 6.45) is 3.54. The molecule has 6 heteroatoms. The smallest absolute Gasteiger partial charge is 0.259 e. The van der Waals surface area contributed by atoms with Gasteiger partial charge in [0, 0.05) is 36.9 Å². The molecule has 6 nitrogen and oxygen atoms in total. The largest absolute Gasteiger partial charge is 0.346 e. The van der Waals surface area contributed by atoms with Crippen molar-refractivity contribution in [2.24, 2.45) is 0 Å². The highest BCUT2D eigenvalue weighted by Crippen LogP contribution is 2.27. The summed E-state index contributed by atoms with van der Waals surface area (Å²) in [7, 11) is 0. The molecule has 2 aliphatic rings. The first-order chi connectivity index (χ1) is 13.0. The van der Waals surface area contributed by atoms with Crippen molar-refractivity contribution in [3.8, 4) is 0 Å². The number of carbonyl (C=O) groups is 1. The second kappa shape index (κ2) is 5.81.